The van der Waals surface area contributed by atoms with Gasteiger partial charge in [-0.25, -0.2) is 0 Å². The van der Waals surface area contributed by atoms with Gasteiger partial charge in [0.1, 0.15) is 6.07 Å². The molecule has 0 aromatic heterocycles. The molecule has 0 spiro atoms. The van der Waals surface area contributed by atoms with Crippen molar-refractivity contribution in [1.29, 1.82) is 5.26 Å². The fraction of sp³-hybridized carbons (Fsp3) is 0.500. The van der Waals surface area contributed by atoms with Gasteiger partial charge in [0.05, 0.1) is 16.7 Å². The van der Waals surface area contributed by atoms with E-state index in [1.807, 2.05) is 12.1 Å². The van der Waals surface area contributed by atoms with E-state index < -0.39 is 0 Å². The molecule has 0 saturated carbocycles. The van der Waals surface area contributed by atoms with Crippen molar-refractivity contribution in [3.63, 3.8) is 0 Å². The molecule has 0 bridgehead atoms. The summed E-state index contributed by atoms with van der Waals surface area (Å²) < 4.78 is 5.65. The third-order valence-corrected chi connectivity index (χ3v) is 3.58. The van der Waals surface area contributed by atoms with Crippen LogP contribution >= 0.6 is 11.6 Å². The molecule has 1 fully saturated rings. The lowest BCUT2D eigenvalue weighted by molar-refractivity contribution is 0.115. The third kappa shape index (κ3) is 2.95. The Kier molecular flexibility index (Phi) is 4.46. The van der Waals surface area contributed by atoms with Gasteiger partial charge in [0.2, 0.25) is 0 Å². The summed E-state index contributed by atoms with van der Waals surface area (Å²) in [5.41, 5.74) is 1.57. The first kappa shape index (κ1) is 13.2. The number of benzene rings is 1. The van der Waals surface area contributed by atoms with E-state index in [1.54, 1.807) is 6.07 Å². The van der Waals surface area contributed by atoms with Gasteiger partial charge in [-0.3, -0.25) is 0 Å². The molecule has 0 N–H and O–H groups in total. The maximum Gasteiger partial charge on any atom is 0.101 e. The van der Waals surface area contributed by atoms with E-state index in [-0.39, 0.29) is 0 Å². The van der Waals surface area contributed by atoms with Crippen LogP contribution in [0.2, 0.25) is 5.02 Å². The van der Waals surface area contributed by atoms with Crippen molar-refractivity contribution in [1.82, 2.24) is 0 Å². The van der Waals surface area contributed by atoms with Crippen molar-refractivity contribution in [2.45, 2.75) is 25.9 Å². The summed E-state index contributed by atoms with van der Waals surface area (Å²) in [6.07, 6.45) is 2.59. The topological polar surface area (TPSA) is 36.3 Å². The van der Waals surface area contributed by atoms with Crippen LogP contribution in [-0.2, 0) is 4.74 Å². The Morgan fingerprint density at radius 2 is 2.39 bits per heavy atom. The zero-order chi connectivity index (χ0) is 13.0. The maximum absolute atomic E-state index is 8.87. The quantitative estimate of drug-likeness (QED) is 0.838. The van der Waals surface area contributed by atoms with Gasteiger partial charge in [-0.05, 0) is 38.0 Å². The minimum atomic E-state index is 0.319. The highest BCUT2D eigenvalue weighted by Gasteiger charge is 2.19. The van der Waals surface area contributed by atoms with Crippen LogP contribution < -0.4 is 4.90 Å². The fourth-order valence-corrected chi connectivity index (χ4v) is 2.46. The maximum atomic E-state index is 8.87. The van der Waals surface area contributed by atoms with Gasteiger partial charge in [-0.1, -0.05) is 11.6 Å². The number of likely N-dealkylation sites (N-methyl/N-ethyl adjacent to an activating group) is 1. The van der Waals surface area contributed by atoms with Crippen LogP contribution in [-0.4, -0.2) is 25.8 Å². The van der Waals surface area contributed by atoms with Gasteiger partial charge in [-0.15, -0.1) is 0 Å². The normalized spacial score (nSPS) is 18.6. The first-order valence-electron chi connectivity index (χ1n) is 6.30. The first-order chi connectivity index (χ1) is 8.74. The van der Waals surface area contributed by atoms with Crippen molar-refractivity contribution >= 4 is 17.3 Å². The van der Waals surface area contributed by atoms with Crippen molar-refractivity contribution < 1.29 is 4.74 Å². The SMILES string of the molecule is CCN(CC1CCCO1)c1ccc(C#N)c(Cl)c1. The van der Waals surface area contributed by atoms with E-state index >= 15 is 0 Å². The molecule has 0 amide bonds. The second-order valence-corrected chi connectivity index (χ2v) is 4.86. The van der Waals surface area contributed by atoms with Crippen molar-refractivity contribution in [3.8, 4) is 6.07 Å². The average molecular weight is 265 g/mol. The molecule has 1 atom stereocenters. The first-order valence-corrected chi connectivity index (χ1v) is 6.68. The second-order valence-electron chi connectivity index (χ2n) is 4.45. The number of halogens is 1. The molecule has 1 saturated heterocycles. The molecule has 1 aliphatic rings. The van der Waals surface area contributed by atoms with E-state index in [4.69, 9.17) is 21.6 Å². The van der Waals surface area contributed by atoms with E-state index in [1.165, 1.54) is 0 Å². The predicted octanol–water partition coefficient (Wildman–Crippen LogP) is 3.22. The molecule has 4 heteroatoms. The Morgan fingerprint density at radius 3 is 2.94 bits per heavy atom. The smallest absolute Gasteiger partial charge is 0.101 e. The molecule has 1 unspecified atom stereocenters. The molecular weight excluding hydrogens is 248 g/mol. The van der Waals surface area contributed by atoms with Crippen LogP contribution in [0.25, 0.3) is 0 Å². The Hall–Kier alpha value is -1.24. The van der Waals surface area contributed by atoms with Crippen LogP contribution in [0, 0.1) is 11.3 Å². The molecule has 1 aromatic rings. The molecule has 1 aliphatic heterocycles. The van der Waals surface area contributed by atoms with Crippen molar-refractivity contribution in [3.05, 3.63) is 28.8 Å². The molecule has 96 valence electrons. The second kappa shape index (κ2) is 6.08. The van der Waals surface area contributed by atoms with Gasteiger partial charge in [-0.2, -0.15) is 5.26 Å². The number of hydrogen-bond donors (Lipinski definition) is 0. The molecule has 1 aromatic carbocycles. The highest BCUT2D eigenvalue weighted by molar-refractivity contribution is 6.32. The van der Waals surface area contributed by atoms with Crippen LogP contribution in [0.1, 0.15) is 25.3 Å². The van der Waals surface area contributed by atoms with Gasteiger partial charge in [0.25, 0.3) is 0 Å². The summed E-state index contributed by atoms with van der Waals surface area (Å²) in [6.45, 7) is 4.78. The monoisotopic (exact) mass is 264 g/mol. The number of rotatable bonds is 4. The highest BCUT2D eigenvalue weighted by Crippen LogP contribution is 2.24. The zero-order valence-electron chi connectivity index (χ0n) is 10.5. The lowest BCUT2D eigenvalue weighted by Gasteiger charge is -2.26. The van der Waals surface area contributed by atoms with Gasteiger partial charge in [0.15, 0.2) is 0 Å². The Morgan fingerprint density at radius 1 is 1.56 bits per heavy atom. The minimum absolute atomic E-state index is 0.319. The largest absolute Gasteiger partial charge is 0.376 e. The summed E-state index contributed by atoms with van der Waals surface area (Å²) in [6, 6.07) is 7.66. The predicted molar refractivity (Wildman–Crippen MR) is 73.0 cm³/mol. The Balaban J connectivity index is 2.11. The van der Waals surface area contributed by atoms with Gasteiger partial charge in [0, 0.05) is 25.4 Å². The number of ether oxygens (including phenoxy) is 1. The van der Waals surface area contributed by atoms with E-state index in [0.717, 1.165) is 38.2 Å². The molecule has 0 aliphatic carbocycles. The summed E-state index contributed by atoms with van der Waals surface area (Å²) in [7, 11) is 0. The summed E-state index contributed by atoms with van der Waals surface area (Å²) >= 11 is 6.07. The van der Waals surface area contributed by atoms with E-state index in [2.05, 4.69) is 17.9 Å². The number of nitrogens with zero attached hydrogens (tertiary/aromatic N) is 2. The lowest BCUT2D eigenvalue weighted by Crippen LogP contribution is -2.31. The van der Waals surface area contributed by atoms with Gasteiger partial charge < -0.3 is 9.64 Å². The molecule has 18 heavy (non-hydrogen) atoms. The van der Waals surface area contributed by atoms with Crippen LogP contribution in [0.15, 0.2) is 18.2 Å². The van der Waals surface area contributed by atoms with Crippen LogP contribution in [0.5, 0.6) is 0 Å². The van der Waals surface area contributed by atoms with E-state index in [9.17, 15) is 0 Å². The zero-order valence-corrected chi connectivity index (χ0v) is 11.3. The summed E-state index contributed by atoms with van der Waals surface area (Å²) in [5, 5.41) is 9.38. The van der Waals surface area contributed by atoms with E-state index in [0.29, 0.717) is 16.7 Å². The molecule has 3 nitrogen and oxygen atoms in total. The number of hydrogen-bond acceptors (Lipinski definition) is 3. The van der Waals surface area contributed by atoms with Crippen molar-refractivity contribution in [2.75, 3.05) is 24.6 Å². The minimum Gasteiger partial charge on any atom is -0.376 e. The number of anilines is 1. The molecule has 2 rings (SSSR count). The Labute approximate surface area is 113 Å². The standard InChI is InChI=1S/C14H17ClN2O/c1-2-17(10-13-4-3-7-18-13)12-6-5-11(9-16)14(15)8-12/h5-6,8,13H,2-4,7,10H2,1H3. The molecule has 0 radical (unpaired) electrons. The highest BCUT2D eigenvalue weighted by atomic mass is 35.5. The third-order valence-electron chi connectivity index (χ3n) is 3.27. The van der Waals surface area contributed by atoms with Crippen molar-refractivity contribution in [2.24, 2.45) is 0 Å². The van der Waals surface area contributed by atoms with Crippen LogP contribution in [0.4, 0.5) is 5.69 Å². The average Bonchev–Trinajstić information content (AvgIpc) is 2.88. The number of nitriles is 1. The summed E-state index contributed by atoms with van der Waals surface area (Å²) in [5.74, 6) is 0. The van der Waals surface area contributed by atoms with Crippen LogP contribution in [0.3, 0.4) is 0 Å². The Bertz CT molecular complexity index is 450. The molecule has 1 heterocycles. The fourth-order valence-electron chi connectivity index (χ4n) is 2.24. The molecular formula is C14H17ClN2O. The summed E-state index contributed by atoms with van der Waals surface area (Å²) in [4.78, 5) is 2.24. The lowest BCUT2D eigenvalue weighted by atomic mass is 10.2. The van der Waals surface area contributed by atoms with Gasteiger partial charge >= 0.3 is 0 Å².